The van der Waals surface area contributed by atoms with E-state index in [-0.39, 0.29) is 0 Å². The van der Waals surface area contributed by atoms with Gasteiger partial charge in [-0.25, -0.2) is 0 Å². The number of rotatable bonds is 5. The van der Waals surface area contributed by atoms with E-state index >= 15 is 0 Å². The molecular formula is C14H22. The Kier molecular flexibility index (Phi) is 4.72. The highest BCUT2D eigenvalue weighted by Gasteiger charge is 1.99. The van der Waals surface area contributed by atoms with E-state index in [2.05, 4.69) is 39.0 Å². The molecule has 1 rings (SSSR count). The fourth-order valence-corrected chi connectivity index (χ4v) is 1.85. The summed E-state index contributed by atoms with van der Waals surface area (Å²) in [4.78, 5) is 0. The van der Waals surface area contributed by atoms with Crippen molar-refractivity contribution in [2.75, 3.05) is 0 Å². The Morgan fingerprint density at radius 3 is 2.36 bits per heavy atom. The molecule has 0 N–H and O–H groups in total. The summed E-state index contributed by atoms with van der Waals surface area (Å²) in [6.45, 7) is 6.73. The molecule has 0 spiro atoms. The highest BCUT2D eigenvalue weighted by Crippen LogP contribution is 2.14. The number of aryl methyl sites for hydroxylation is 3. The molecule has 1 aromatic carbocycles. The fourth-order valence-electron chi connectivity index (χ4n) is 1.85. The van der Waals surface area contributed by atoms with Gasteiger partial charge in [0.25, 0.3) is 0 Å². The normalized spacial score (nSPS) is 10.5. The molecule has 78 valence electrons. The van der Waals surface area contributed by atoms with Gasteiger partial charge in [0.05, 0.1) is 0 Å². The predicted molar refractivity (Wildman–Crippen MR) is 63.8 cm³/mol. The summed E-state index contributed by atoms with van der Waals surface area (Å²) < 4.78 is 0. The van der Waals surface area contributed by atoms with Gasteiger partial charge in [-0.2, -0.15) is 0 Å². The van der Waals surface area contributed by atoms with Gasteiger partial charge < -0.3 is 0 Å². The van der Waals surface area contributed by atoms with E-state index in [9.17, 15) is 0 Å². The van der Waals surface area contributed by atoms with Crippen LogP contribution >= 0.6 is 0 Å². The summed E-state index contributed by atoms with van der Waals surface area (Å²) in [5.74, 6) is 0. The molecule has 0 aliphatic rings. The van der Waals surface area contributed by atoms with Crippen LogP contribution in [0.5, 0.6) is 0 Å². The molecule has 0 heterocycles. The van der Waals surface area contributed by atoms with Gasteiger partial charge in [0, 0.05) is 0 Å². The van der Waals surface area contributed by atoms with Crippen molar-refractivity contribution < 1.29 is 0 Å². The van der Waals surface area contributed by atoms with E-state index in [1.807, 2.05) is 0 Å². The zero-order valence-electron chi connectivity index (χ0n) is 9.77. The van der Waals surface area contributed by atoms with E-state index in [0.29, 0.717) is 0 Å². The largest absolute Gasteiger partial charge is 0.0654 e. The third-order valence-corrected chi connectivity index (χ3v) is 2.75. The third kappa shape index (κ3) is 3.17. The van der Waals surface area contributed by atoms with E-state index in [1.165, 1.54) is 48.8 Å². The average Bonchev–Trinajstić information content (AvgIpc) is 2.17. The smallest absolute Gasteiger partial charge is 0.0276 e. The number of unbranched alkanes of at least 4 members (excludes halogenated alkanes) is 1. The Labute approximate surface area is 88.4 Å². The Balaban J connectivity index is 2.68. The van der Waals surface area contributed by atoms with Crippen molar-refractivity contribution in [2.45, 2.75) is 52.9 Å². The van der Waals surface area contributed by atoms with Crippen molar-refractivity contribution in [2.24, 2.45) is 0 Å². The van der Waals surface area contributed by atoms with E-state index in [1.54, 1.807) is 0 Å². The first-order valence-corrected chi connectivity index (χ1v) is 5.86. The average molecular weight is 190 g/mol. The van der Waals surface area contributed by atoms with Gasteiger partial charge in [0.2, 0.25) is 0 Å². The minimum atomic E-state index is 1.22. The molecule has 0 aliphatic heterocycles. The van der Waals surface area contributed by atoms with Crippen molar-refractivity contribution >= 4 is 0 Å². The fraction of sp³-hybridized carbons (Fsp3) is 0.571. The van der Waals surface area contributed by atoms with E-state index in [0.717, 1.165) is 0 Å². The maximum absolute atomic E-state index is 2.36. The van der Waals surface area contributed by atoms with E-state index < -0.39 is 0 Å². The number of hydrogen-bond donors (Lipinski definition) is 0. The van der Waals surface area contributed by atoms with Gasteiger partial charge in [-0.05, 0) is 42.9 Å². The quantitative estimate of drug-likeness (QED) is 0.649. The first-order chi connectivity index (χ1) is 6.77. The van der Waals surface area contributed by atoms with Gasteiger partial charge in [-0.3, -0.25) is 0 Å². The lowest BCUT2D eigenvalue weighted by Gasteiger charge is -2.07. The van der Waals surface area contributed by atoms with Gasteiger partial charge in [-0.1, -0.05) is 44.9 Å². The molecule has 0 saturated carbocycles. The molecule has 0 fully saturated rings. The van der Waals surface area contributed by atoms with Crippen LogP contribution in [-0.2, 0) is 12.8 Å². The van der Waals surface area contributed by atoms with Gasteiger partial charge in [0.1, 0.15) is 0 Å². The monoisotopic (exact) mass is 190 g/mol. The first kappa shape index (κ1) is 11.3. The zero-order valence-corrected chi connectivity index (χ0v) is 9.77. The summed E-state index contributed by atoms with van der Waals surface area (Å²) in [6.07, 6.45) is 6.31. The van der Waals surface area contributed by atoms with Crippen molar-refractivity contribution in [1.29, 1.82) is 0 Å². The third-order valence-electron chi connectivity index (χ3n) is 2.75. The molecule has 0 radical (unpaired) electrons. The van der Waals surface area contributed by atoms with Crippen LogP contribution in [0, 0.1) is 6.92 Å². The standard InChI is InChI=1S/C14H22/c1-4-6-8-14-10-9-13(7-5-2)11-12(14)3/h9-11H,4-8H2,1-3H3. The van der Waals surface area contributed by atoms with Crippen LogP contribution in [0.1, 0.15) is 49.8 Å². The summed E-state index contributed by atoms with van der Waals surface area (Å²) in [6, 6.07) is 6.96. The second-order valence-electron chi connectivity index (χ2n) is 4.11. The highest BCUT2D eigenvalue weighted by atomic mass is 14.0. The van der Waals surface area contributed by atoms with Crippen molar-refractivity contribution in [3.05, 3.63) is 34.9 Å². The number of benzene rings is 1. The minimum absolute atomic E-state index is 1.22. The summed E-state index contributed by atoms with van der Waals surface area (Å²) >= 11 is 0. The summed E-state index contributed by atoms with van der Waals surface area (Å²) in [5.41, 5.74) is 4.50. The van der Waals surface area contributed by atoms with Crippen LogP contribution in [0.25, 0.3) is 0 Å². The van der Waals surface area contributed by atoms with Crippen LogP contribution < -0.4 is 0 Å². The van der Waals surface area contributed by atoms with Gasteiger partial charge >= 0.3 is 0 Å². The maximum Gasteiger partial charge on any atom is -0.0276 e. The second kappa shape index (κ2) is 5.85. The van der Waals surface area contributed by atoms with Crippen LogP contribution in [0.15, 0.2) is 18.2 Å². The van der Waals surface area contributed by atoms with Gasteiger partial charge in [0.15, 0.2) is 0 Å². The predicted octanol–water partition coefficient (Wildman–Crippen LogP) is 4.29. The minimum Gasteiger partial charge on any atom is -0.0654 e. The first-order valence-electron chi connectivity index (χ1n) is 5.86. The lowest BCUT2D eigenvalue weighted by molar-refractivity contribution is 0.790. The summed E-state index contributed by atoms with van der Waals surface area (Å²) in [7, 11) is 0. The van der Waals surface area contributed by atoms with Crippen molar-refractivity contribution in [3.8, 4) is 0 Å². The molecule has 0 nitrogen and oxygen atoms in total. The van der Waals surface area contributed by atoms with E-state index in [4.69, 9.17) is 0 Å². The lowest BCUT2D eigenvalue weighted by atomic mass is 9.99. The molecule has 14 heavy (non-hydrogen) atoms. The maximum atomic E-state index is 2.36. The molecule has 0 unspecified atom stereocenters. The molecule has 0 bridgehead atoms. The van der Waals surface area contributed by atoms with Gasteiger partial charge in [-0.15, -0.1) is 0 Å². The van der Waals surface area contributed by atoms with Crippen LogP contribution in [0.2, 0.25) is 0 Å². The van der Waals surface area contributed by atoms with Crippen LogP contribution in [0.4, 0.5) is 0 Å². The van der Waals surface area contributed by atoms with Crippen molar-refractivity contribution in [1.82, 2.24) is 0 Å². The molecular weight excluding hydrogens is 168 g/mol. The second-order valence-corrected chi connectivity index (χ2v) is 4.11. The SMILES string of the molecule is CCCCc1ccc(CCC)cc1C. The Bertz CT molecular complexity index is 273. The Morgan fingerprint density at radius 1 is 1.00 bits per heavy atom. The molecule has 1 aromatic rings. The van der Waals surface area contributed by atoms with Crippen LogP contribution in [-0.4, -0.2) is 0 Å². The topological polar surface area (TPSA) is 0 Å². The summed E-state index contributed by atoms with van der Waals surface area (Å²) in [5, 5.41) is 0. The molecule has 0 aliphatic carbocycles. The van der Waals surface area contributed by atoms with Crippen LogP contribution in [0.3, 0.4) is 0 Å². The Hall–Kier alpha value is -0.780. The zero-order chi connectivity index (χ0) is 10.4. The highest BCUT2D eigenvalue weighted by molar-refractivity contribution is 5.31. The lowest BCUT2D eigenvalue weighted by Crippen LogP contribution is -1.92. The Morgan fingerprint density at radius 2 is 1.79 bits per heavy atom. The molecule has 0 atom stereocenters. The molecule has 0 heteroatoms. The molecule has 0 saturated heterocycles. The van der Waals surface area contributed by atoms with Crippen molar-refractivity contribution in [3.63, 3.8) is 0 Å². The number of hydrogen-bond acceptors (Lipinski definition) is 0. The molecule has 0 amide bonds. The molecule has 0 aromatic heterocycles.